The lowest BCUT2D eigenvalue weighted by Crippen LogP contribution is -1.86. The molecule has 62 valence electrons. The molecule has 0 saturated heterocycles. The molecule has 1 aromatic rings. The van der Waals surface area contributed by atoms with Crippen LogP contribution in [0.25, 0.3) is 0 Å². The molecule has 0 radical (unpaired) electrons. The highest BCUT2D eigenvalue weighted by atomic mass is 32.2. The van der Waals surface area contributed by atoms with Crippen LogP contribution < -0.4 is 0 Å². The van der Waals surface area contributed by atoms with Gasteiger partial charge in [0.1, 0.15) is 0 Å². The molecule has 0 unspecified atom stereocenters. The van der Waals surface area contributed by atoms with E-state index in [9.17, 15) is 0 Å². The first kappa shape index (κ1) is 7.22. The predicted octanol–water partition coefficient (Wildman–Crippen LogP) is 1.84. The lowest BCUT2D eigenvalue weighted by atomic mass is 10.7. The Kier molecular flexibility index (Phi) is 1.68. The van der Waals surface area contributed by atoms with Crippen molar-refractivity contribution >= 4 is 10.9 Å². The monoisotopic (exact) mass is 170 g/mol. The largest absolute Gasteiger partial charge is 0.333 e. The quantitative estimate of drug-likeness (QED) is 0.670. The van der Waals surface area contributed by atoms with Gasteiger partial charge in [0.05, 0.1) is 11.4 Å². The molecule has 3 heteroatoms. The zero-order chi connectivity index (χ0) is 7.84. The van der Waals surface area contributed by atoms with E-state index in [1.807, 2.05) is 6.33 Å². The van der Waals surface area contributed by atoms with Gasteiger partial charge in [-0.2, -0.15) is 0 Å². The SMILES string of the molecule is C[SH](C)c1cn(C2CC2)cn1. The number of aromatic nitrogens is 2. The second-order valence-corrected chi connectivity index (χ2v) is 5.55. The van der Waals surface area contributed by atoms with E-state index in [4.69, 9.17) is 0 Å². The second-order valence-electron chi connectivity index (χ2n) is 3.30. The van der Waals surface area contributed by atoms with E-state index < -0.39 is 0 Å². The lowest BCUT2D eigenvalue weighted by molar-refractivity contribution is 0.739. The molecule has 2 rings (SSSR count). The van der Waals surface area contributed by atoms with E-state index in [1.54, 1.807) is 0 Å². The Morgan fingerprint density at radius 3 is 2.73 bits per heavy atom. The minimum absolute atomic E-state index is 0.00368. The molecule has 1 fully saturated rings. The molecule has 11 heavy (non-hydrogen) atoms. The van der Waals surface area contributed by atoms with Gasteiger partial charge in [-0.3, -0.25) is 0 Å². The smallest absolute Gasteiger partial charge is 0.0961 e. The second kappa shape index (κ2) is 2.55. The van der Waals surface area contributed by atoms with Crippen molar-refractivity contribution in [1.29, 1.82) is 0 Å². The normalized spacial score (nSPS) is 18.5. The number of hydrogen-bond donors (Lipinski definition) is 1. The molecule has 1 saturated carbocycles. The molecular formula is C8H14N2S. The van der Waals surface area contributed by atoms with E-state index in [1.165, 1.54) is 17.9 Å². The summed E-state index contributed by atoms with van der Waals surface area (Å²) in [4.78, 5) is 4.37. The summed E-state index contributed by atoms with van der Waals surface area (Å²) < 4.78 is 2.26. The van der Waals surface area contributed by atoms with Gasteiger partial charge in [0, 0.05) is 12.2 Å². The molecule has 0 amide bonds. The first-order valence-electron chi connectivity index (χ1n) is 3.98. The van der Waals surface area contributed by atoms with Crippen LogP contribution in [0.15, 0.2) is 17.6 Å². The van der Waals surface area contributed by atoms with Gasteiger partial charge in [-0.25, -0.2) is 15.9 Å². The fourth-order valence-electron chi connectivity index (χ4n) is 1.13. The summed E-state index contributed by atoms with van der Waals surface area (Å²) in [5, 5.41) is 1.28. The van der Waals surface area contributed by atoms with Crippen LogP contribution in [0, 0.1) is 0 Å². The summed E-state index contributed by atoms with van der Waals surface area (Å²) in [6, 6.07) is 0.784. The van der Waals surface area contributed by atoms with Crippen LogP contribution in [0.4, 0.5) is 0 Å². The van der Waals surface area contributed by atoms with Crippen molar-refractivity contribution in [3.8, 4) is 0 Å². The Labute approximate surface area is 70.0 Å². The zero-order valence-electron chi connectivity index (χ0n) is 6.99. The summed E-state index contributed by atoms with van der Waals surface area (Å²) >= 11 is 0. The average molecular weight is 170 g/mol. The van der Waals surface area contributed by atoms with E-state index >= 15 is 0 Å². The summed E-state index contributed by atoms with van der Waals surface area (Å²) in [5.74, 6) is 0. The summed E-state index contributed by atoms with van der Waals surface area (Å²) in [6.07, 6.45) is 11.4. The fourth-order valence-corrected chi connectivity index (χ4v) is 1.78. The van der Waals surface area contributed by atoms with Crippen molar-refractivity contribution in [3.05, 3.63) is 12.5 Å². The van der Waals surface area contributed by atoms with Crippen molar-refractivity contribution in [3.63, 3.8) is 0 Å². The Balaban J connectivity index is 2.18. The van der Waals surface area contributed by atoms with E-state index in [-0.39, 0.29) is 10.9 Å². The van der Waals surface area contributed by atoms with Crippen molar-refractivity contribution in [1.82, 2.24) is 9.55 Å². The summed E-state index contributed by atoms with van der Waals surface area (Å²) in [6.45, 7) is 0. The molecular weight excluding hydrogens is 156 g/mol. The van der Waals surface area contributed by atoms with Crippen molar-refractivity contribution < 1.29 is 0 Å². The molecule has 1 heterocycles. The lowest BCUT2D eigenvalue weighted by Gasteiger charge is -2.02. The van der Waals surface area contributed by atoms with Gasteiger partial charge >= 0.3 is 0 Å². The van der Waals surface area contributed by atoms with Crippen molar-refractivity contribution in [2.24, 2.45) is 0 Å². The number of hydrogen-bond acceptors (Lipinski definition) is 1. The van der Waals surface area contributed by atoms with Gasteiger partial charge in [-0.1, -0.05) is 0 Å². The van der Waals surface area contributed by atoms with Gasteiger partial charge in [0.2, 0.25) is 0 Å². The van der Waals surface area contributed by atoms with Crippen LogP contribution in [0.5, 0.6) is 0 Å². The average Bonchev–Trinajstić information content (AvgIpc) is 2.68. The Hall–Kier alpha value is -0.440. The molecule has 1 aliphatic carbocycles. The van der Waals surface area contributed by atoms with Crippen LogP contribution in [0.2, 0.25) is 0 Å². The maximum Gasteiger partial charge on any atom is 0.0961 e. The highest BCUT2D eigenvalue weighted by Gasteiger charge is 2.23. The first-order valence-corrected chi connectivity index (χ1v) is 6.22. The number of thiol groups is 1. The minimum atomic E-state index is -0.00368. The molecule has 0 spiro atoms. The standard InChI is InChI=1S/C8H14N2S/c1-11(2)8-5-10(6-9-8)7-3-4-7/h5-7,11H,3-4H2,1-2H3. The highest BCUT2D eigenvalue weighted by molar-refractivity contribution is 8.15. The van der Waals surface area contributed by atoms with Crippen molar-refractivity contribution in [2.45, 2.75) is 23.9 Å². The Bertz CT molecular complexity index is 234. The third-order valence-corrected chi connectivity index (χ3v) is 3.16. The highest BCUT2D eigenvalue weighted by Crippen LogP contribution is 2.36. The van der Waals surface area contributed by atoms with E-state index in [2.05, 4.69) is 28.3 Å². The van der Waals surface area contributed by atoms with Crippen molar-refractivity contribution in [2.75, 3.05) is 12.5 Å². The molecule has 1 aromatic heterocycles. The molecule has 1 aliphatic rings. The number of imidazole rings is 1. The molecule has 0 N–H and O–H groups in total. The maximum atomic E-state index is 4.37. The van der Waals surface area contributed by atoms with E-state index in [0.29, 0.717) is 0 Å². The topological polar surface area (TPSA) is 17.8 Å². The molecule has 2 nitrogen and oxygen atoms in total. The van der Waals surface area contributed by atoms with Gasteiger partial charge in [0.25, 0.3) is 0 Å². The Morgan fingerprint density at radius 1 is 1.55 bits per heavy atom. The van der Waals surface area contributed by atoms with Gasteiger partial charge in [0.15, 0.2) is 0 Å². The third kappa shape index (κ3) is 1.43. The fraction of sp³-hybridized carbons (Fsp3) is 0.625. The first-order chi connectivity index (χ1) is 5.27. The predicted molar refractivity (Wildman–Crippen MR) is 49.6 cm³/mol. The maximum absolute atomic E-state index is 4.37. The Morgan fingerprint density at radius 2 is 2.27 bits per heavy atom. The van der Waals surface area contributed by atoms with E-state index in [0.717, 1.165) is 6.04 Å². The number of rotatable bonds is 2. The van der Waals surface area contributed by atoms with Gasteiger partial charge in [-0.05, 0) is 25.4 Å². The minimum Gasteiger partial charge on any atom is -0.333 e. The summed E-state index contributed by atoms with van der Waals surface area (Å²) in [7, 11) is -0.00368. The van der Waals surface area contributed by atoms with Crippen LogP contribution >= 0.6 is 10.9 Å². The molecule has 0 bridgehead atoms. The number of nitrogens with zero attached hydrogens (tertiary/aromatic N) is 2. The van der Waals surface area contributed by atoms with Crippen LogP contribution in [-0.4, -0.2) is 22.1 Å². The van der Waals surface area contributed by atoms with Crippen LogP contribution in [0.3, 0.4) is 0 Å². The van der Waals surface area contributed by atoms with Crippen LogP contribution in [0.1, 0.15) is 18.9 Å². The molecule has 0 aliphatic heterocycles. The zero-order valence-corrected chi connectivity index (χ0v) is 7.88. The van der Waals surface area contributed by atoms with Gasteiger partial charge in [-0.15, -0.1) is 0 Å². The third-order valence-electron chi connectivity index (χ3n) is 2.01. The van der Waals surface area contributed by atoms with Gasteiger partial charge < -0.3 is 4.57 Å². The molecule has 0 aromatic carbocycles. The van der Waals surface area contributed by atoms with Crippen LogP contribution in [-0.2, 0) is 0 Å². The summed E-state index contributed by atoms with van der Waals surface area (Å²) in [5.41, 5.74) is 0. The molecule has 0 atom stereocenters.